The molecule has 0 aliphatic heterocycles. The van der Waals surface area contributed by atoms with Crippen LogP contribution in [0.5, 0.6) is 5.75 Å². The molecule has 1 aromatic heterocycles. The van der Waals surface area contributed by atoms with Gasteiger partial charge in [0.25, 0.3) is 0 Å². The average Bonchev–Trinajstić information content (AvgIpc) is 2.86. The molecule has 0 saturated carbocycles. The van der Waals surface area contributed by atoms with Gasteiger partial charge in [0, 0.05) is 11.1 Å². The summed E-state index contributed by atoms with van der Waals surface area (Å²) in [6, 6.07) is 3.40. The molecule has 0 radical (unpaired) electrons. The van der Waals surface area contributed by atoms with E-state index in [4.69, 9.17) is 16.3 Å². The summed E-state index contributed by atoms with van der Waals surface area (Å²) in [7, 11) is 1.51. The van der Waals surface area contributed by atoms with E-state index >= 15 is 0 Å². The minimum absolute atomic E-state index is 0.0256. The fourth-order valence-electron chi connectivity index (χ4n) is 1.52. The second kappa shape index (κ2) is 5.66. The van der Waals surface area contributed by atoms with Crippen LogP contribution in [0, 0.1) is 6.92 Å². The van der Waals surface area contributed by atoms with E-state index in [-0.39, 0.29) is 12.5 Å². The van der Waals surface area contributed by atoms with Crippen molar-refractivity contribution in [3.63, 3.8) is 0 Å². The van der Waals surface area contributed by atoms with Crippen LogP contribution in [-0.4, -0.2) is 33.2 Å². The van der Waals surface area contributed by atoms with Gasteiger partial charge in [-0.2, -0.15) is 0 Å². The Morgan fingerprint density at radius 1 is 1.53 bits per heavy atom. The van der Waals surface area contributed by atoms with Crippen LogP contribution in [0.1, 0.15) is 5.56 Å². The number of ether oxygens (including phenoxy) is 1. The van der Waals surface area contributed by atoms with Crippen LogP contribution >= 0.6 is 11.6 Å². The van der Waals surface area contributed by atoms with E-state index in [2.05, 4.69) is 20.8 Å². The molecule has 0 aliphatic rings. The predicted molar refractivity (Wildman–Crippen MR) is 69.2 cm³/mol. The van der Waals surface area contributed by atoms with Crippen molar-refractivity contribution < 1.29 is 9.53 Å². The van der Waals surface area contributed by atoms with Crippen molar-refractivity contribution in [1.82, 2.24) is 20.2 Å². The first-order chi connectivity index (χ1) is 9.10. The zero-order valence-corrected chi connectivity index (χ0v) is 11.2. The molecular formula is C11H12ClN5O2. The average molecular weight is 282 g/mol. The van der Waals surface area contributed by atoms with Gasteiger partial charge in [-0.1, -0.05) is 11.6 Å². The fourth-order valence-corrected chi connectivity index (χ4v) is 1.67. The number of aromatic nitrogens is 4. The maximum atomic E-state index is 11.8. The van der Waals surface area contributed by atoms with Gasteiger partial charge >= 0.3 is 0 Å². The molecular weight excluding hydrogens is 270 g/mol. The SMILES string of the molecule is COc1cc(Cl)c(C)cc1NC(=O)Cn1cnnn1. The number of rotatable bonds is 4. The maximum absolute atomic E-state index is 11.8. The lowest BCUT2D eigenvalue weighted by Crippen LogP contribution is -2.19. The number of tetrazole rings is 1. The van der Waals surface area contributed by atoms with Crippen molar-refractivity contribution in [2.75, 3.05) is 12.4 Å². The van der Waals surface area contributed by atoms with Gasteiger partial charge < -0.3 is 10.1 Å². The Balaban J connectivity index is 2.14. The summed E-state index contributed by atoms with van der Waals surface area (Å²) < 4.78 is 6.49. The third-order valence-electron chi connectivity index (χ3n) is 2.45. The first kappa shape index (κ1) is 13.3. The highest BCUT2D eigenvalue weighted by atomic mass is 35.5. The van der Waals surface area contributed by atoms with Crippen molar-refractivity contribution in [2.24, 2.45) is 0 Å². The smallest absolute Gasteiger partial charge is 0.246 e. The molecule has 2 rings (SSSR count). The number of aryl methyl sites for hydroxylation is 1. The van der Waals surface area contributed by atoms with E-state index in [0.29, 0.717) is 16.5 Å². The lowest BCUT2D eigenvalue weighted by atomic mass is 10.2. The van der Waals surface area contributed by atoms with Crippen LogP contribution in [-0.2, 0) is 11.3 Å². The summed E-state index contributed by atoms with van der Waals surface area (Å²) in [5.41, 5.74) is 1.41. The Morgan fingerprint density at radius 2 is 2.32 bits per heavy atom. The number of halogens is 1. The van der Waals surface area contributed by atoms with Gasteiger partial charge in [0.15, 0.2) is 0 Å². The van der Waals surface area contributed by atoms with Crippen LogP contribution in [0.4, 0.5) is 5.69 Å². The van der Waals surface area contributed by atoms with Crippen LogP contribution in [0.2, 0.25) is 5.02 Å². The van der Waals surface area contributed by atoms with E-state index < -0.39 is 0 Å². The molecule has 0 spiro atoms. The zero-order valence-electron chi connectivity index (χ0n) is 10.4. The van der Waals surface area contributed by atoms with Gasteiger partial charge in [0.1, 0.15) is 18.6 Å². The van der Waals surface area contributed by atoms with Gasteiger partial charge in [0.05, 0.1) is 12.8 Å². The molecule has 8 heteroatoms. The molecule has 0 atom stereocenters. The normalized spacial score (nSPS) is 10.3. The number of nitrogens with one attached hydrogen (secondary N) is 1. The Hall–Kier alpha value is -2.15. The largest absolute Gasteiger partial charge is 0.495 e. The predicted octanol–water partition coefficient (Wildman–Crippen LogP) is 1.28. The summed E-state index contributed by atoms with van der Waals surface area (Å²) >= 11 is 5.99. The Labute approximate surface area is 114 Å². The third kappa shape index (κ3) is 3.19. The summed E-state index contributed by atoms with van der Waals surface area (Å²) in [4.78, 5) is 11.8. The van der Waals surface area contributed by atoms with Crippen LogP contribution in [0.3, 0.4) is 0 Å². The quantitative estimate of drug-likeness (QED) is 0.913. The van der Waals surface area contributed by atoms with Gasteiger partial charge in [-0.3, -0.25) is 4.79 Å². The lowest BCUT2D eigenvalue weighted by Gasteiger charge is -2.12. The van der Waals surface area contributed by atoms with E-state index in [9.17, 15) is 4.79 Å². The standard InChI is InChI=1S/C11H12ClN5O2/c1-7-3-9(10(19-2)4-8(7)12)14-11(18)5-17-6-13-15-16-17/h3-4,6H,5H2,1-2H3,(H,14,18). The highest BCUT2D eigenvalue weighted by molar-refractivity contribution is 6.31. The van der Waals surface area contributed by atoms with E-state index in [1.165, 1.54) is 18.1 Å². The molecule has 1 amide bonds. The number of hydrogen-bond acceptors (Lipinski definition) is 5. The molecule has 2 aromatic rings. The Kier molecular flexibility index (Phi) is 3.96. The first-order valence-electron chi connectivity index (χ1n) is 5.45. The highest BCUT2D eigenvalue weighted by Crippen LogP contribution is 2.30. The fraction of sp³-hybridized carbons (Fsp3) is 0.273. The number of methoxy groups -OCH3 is 1. The number of benzene rings is 1. The summed E-state index contributed by atoms with van der Waals surface area (Å²) in [6.07, 6.45) is 1.37. The number of nitrogens with zero attached hydrogens (tertiary/aromatic N) is 4. The van der Waals surface area contributed by atoms with Crippen LogP contribution in [0.15, 0.2) is 18.5 Å². The first-order valence-corrected chi connectivity index (χ1v) is 5.82. The number of carbonyl (C=O) groups excluding carboxylic acids is 1. The molecule has 1 heterocycles. The molecule has 0 fully saturated rings. The van der Waals surface area contributed by atoms with Crippen LogP contribution in [0.25, 0.3) is 0 Å². The Bertz CT molecular complexity index is 585. The third-order valence-corrected chi connectivity index (χ3v) is 2.86. The maximum Gasteiger partial charge on any atom is 0.246 e. The minimum Gasteiger partial charge on any atom is -0.495 e. The van der Waals surface area contributed by atoms with Gasteiger partial charge in [-0.25, -0.2) is 4.68 Å². The molecule has 0 saturated heterocycles. The molecule has 0 unspecified atom stereocenters. The molecule has 100 valence electrons. The van der Waals surface area contributed by atoms with Gasteiger partial charge in [-0.05, 0) is 29.0 Å². The van der Waals surface area contributed by atoms with E-state index in [1.54, 1.807) is 12.1 Å². The molecule has 19 heavy (non-hydrogen) atoms. The van der Waals surface area contributed by atoms with Crippen molar-refractivity contribution in [2.45, 2.75) is 13.5 Å². The lowest BCUT2D eigenvalue weighted by molar-refractivity contribution is -0.116. The highest BCUT2D eigenvalue weighted by Gasteiger charge is 2.11. The van der Waals surface area contributed by atoms with Gasteiger partial charge in [0.2, 0.25) is 5.91 Å². The minimum atomic E-state index is -0.257. The van der Waals surface area contributed by atoms with E-state index in [0.717, 1.165) is 5.56 Å². The number of anilines is 1. The van der Waals surface area contributed by atoms with Crippen molar-refractivity contribution >= 4 is 23.2 Å². The van der Waals surface area contributed by atoms with Gasteiger partial charge in [-0.15, -0.1) is 5.10 Å². The van der Waals surface area contributed by atoms with Crippen molar-refractivity contribution in [1.29, 1.82) is 0 Å². The molecule has 1 N–H and O–H groups in total. The summed E-state index contributed by atoms with van der Waals surface area (Å²) in [5.74, 6) is 0.244. The second-order valence-electron chi connectivity index (χ2n) is 3.86. The summed E-state index contributed by atoms with van der Waals surface area (Å²) in [6.45, 7) is 1.87. The topological polar surface area (TPSA) is 81.9 Å². The zero-order chi connectivity index (χ0) is 13.8. The van der Waals surface area contributed by atoms with Crippen LogP contribution < -0.4 is 10.1 Å². The number of carbonyl (C=O) groups is 1. The molecule has 0 bridgehead atoms. The van der Waals surface area contributed by atoms with E-state index in [1.807, 2.05) is 6.92 Å². The number of hydrogen-bond donors (Lipinski definition) is 1. The Morgan fingerprint density at radius 3 is 2.95 bits per heavy atom. The monoisotopic (exact) mass is 281 g/mol. The second-order valence-corrected chi connectivity index (χ2v) is 4.26. The summed E-state index contributed by atoms with van der Waals surface area (Å²) in [5, 5.41) is 13.8. The number of amides is 1. The van der Waals surface area contributed by atoms with Crippen molar-refractivity contribution in [3.05, 3.63) is 29.0 Å². The molecule has 7 nitrogen and oxygen atoms in total. The molecule has 1 aromatic carbocycles. The molecule has 0 aliphatic carbocycles. The van der Waals surface area contributed by atoms with Crippen molar-refractivity contribution in [3.8, 4) is 5.75 Å².